The van der Waals surface area contributed by atoms with Gasteiger partial charge in [0.2, 0.25) is 0 Å². The summed E-state index contributed by atoms with van der Waals surface area (Å²) in [4.78, 5) is 31.0. The number of halogens is 7. The van der Waals surface area contributed by atoms with Crippen LogP contribution in [-0.2, 0) is 6.18 Å². The van der Waals surface area contributed by atoms with E-state index in [9.17, 15) is 31.5 Å². The number of ether oxygens (including phenoxy) is 1. The molecular formula is C30H20Cl2F5N5O3. The SMILES string of the molecule is CC(COc1cc(F)cc(F)c1)NC(=O)c1cc2ccccc2c(Cl)c1NC(=O)c1cc(C(F)(F)F)nn1-c1ncccc1Cl. The Balaban J connectivity index is 1.48. The lowest BCUT2D eigenvalue weighted by atomic mass is 10.0. The molecule has 0 aliphatic rings. The van der Waals surface area contributed by atoms with Gasteiger partial charge in [0.05, 0.1) is 27.3 Å². The van der Waals surface area contributed by atoms with Crippen molar-refractivity contribution in [2.24, 2.45) is 0 Å². The largest absolute Gasteiger partial charge is 0.491 e. The molecule has 2 aromatic heterocycles. The second kappa shape index (κ2) is 12.7. The monoisotopic (exact) mass is 663 g/mol. The summed E-state index contributed by atoms with van der Waals surface area (Å²) in [5.74, 6) is -3.87. The predicted octanol–water partition coefficient (Wildman–Crippen LogP) is 7.47. The summed E-state index contributed by atoms with van der Waals surface area (Å²) in [5.41, 5.74) is -2.31. The Morgan fingerprint density at radius 1 is 0.978 bits per heavy atom. The zero-order valence-corrected chi connectivity index (χ0v) is 24.4. The number of rotatable bonds is 8. The van der Waals surface area contributed by atoms with Gasteiger partial charge >= 0.3 is 6.18 Å². The van der Waals surface area contributed by atoms with E-state index in [1.54, 1.807) is 31.2 Å². The average Bonchev–Trinajstić information content (AvgIpc) is 3.43. The van der Waals surface area contributed by atoms with Crippen LogP contribution in [0.1, 0.15) is 33.5 Å². The van der Waals surface area contributed by atoms with Gasteiger partial charge < -0.3 is 15.4 Å². The standard InChI is InChI=1S/C30H20Cl2F5N5O3/c1-15(14-45-19-11-17(33)10-18(34)12-19)39-28(43)21-9-16-5-2-3-6-20(16)25(32)26(21)40-29(44)23-13-24(30(35,36)37)41-42(23)27-22(31)7-4-8-38-27/h2-13,15H,14H2,1H3,(H,39,43)(H,40,44). The van der Waals surface area contributed by atoms with Gasteiger partial charge in [0.15, 0.2) is 11.5 Å². The Kier molecular flexibility index (Phi) is 8.94. The van der Waals surface area contributed by atoms with Gasteiger partial charge in [-0.25, -0.2) is 18.4 Å². The van der Waals surface area contributed by atoms with Crippen molar-refractivity contribution < 1.29 is 36.3 Å². The second-order valence-electron chi connectivity index (χ2n) is 9.71. The Bertz CT molecular complexity index is 1910. The molecule has 1 unspecified atom stereocenters. The van der Waals surface area contributed by atoms with Crippen molar-refractivity contribution in [3.63, 3.8) is 0 Å². The van der Waals surface area contributed by atoms with Crippen molar-refractivity contribution in [1.29, 1.82) is 0 Å². The molecule has 0 saturated heterocycles. The topological polar surface area (TPSA) is 98.1 Å². The number of benzene rings is 3. The maximum absolute atomic E-state index is 13.6. The van der Waals surface area contributed by atoms with Gasteiger partial charge in [-0.05, 0) is 30.5 Å². The highest BCUT2D eigenvalue weighted by Gasteiger charge is 2.37. The number of carbonyl (C=O) groups is 2. The van der Waals surface area contributed by atoms with E-state index in [4.69, 9.17) is 27.9 Å². The summed E-state index contributed by atoms with van der Waals surface area (Å²) in [6.07, 6.45) is -3.65. The fourth-order valence-electron chi connectivity index (χ4n) is 4.33. The van der Waals surface area contributed by atoms with E-state index in [-0.39, 0.29) is 39.5 Å². The Hall–Kier alpha value is -4.75. The van der Waals surface area contributed by atoms with Crippen LogP contribution in [0.25, 0.3) is 16.6 Å². The summed E-state index contributed by atoms with van der Waals surface area (Å²) in [6, 6.07) is 13.3. The van der Waals surface area contributed by atoms with Gasteiger partial charge in [-0.2, -0.15) is 18.3 Å². The number of alkyl halides is 3. The van der Waals surface area contributed by atoms with Crippen LogP contribution in [0, 0.1) is 11.6 Å². The van der Waals surface area contributed by atoms with Crippen LogP contribution in [0.2, 0.25) is 10.0 Å². The molecule has 2 heterocycles. The maximum Gasteiger partial charge on any atom is 0.435 e. The van der Waals surface area contributed by atoms with Crippen LogP contribution < -0.4 is 15.4 Å². The highest BCUT2D eigenvalue weighted by molar-refractivity contribution is 6.40. The highest BCUT2D eigenvalue weighted by Crippen LogP contribution is 2.36. The Morgan fingerprint density at radius 3 is 2.38 bits per heavy atom. The smallest absolute Gasteiger partial charge is 0.435 e. The first-order chi connectivity index (χ1) is 21.3. The minimum atomic E-state index is -4.91. The molecular weight excluding hydrogens is 644 g/mol. The van der Waals surface area contributed by atoms with Gasteiger partial charge in [-0.3, -0.25) is 9.59 Å². The fourth-order valence-corrected chi connectivity index (χ4v) is 4.86. The normalized spacial score (nSPS) is 12.2. The van der Waals surface area contributed by atoms with Gasteiger partial charge in [-0.15, -0.1) is 0 Å². The van der Waals surface area contributed by atoms with Crippen molar-refractivity contribution >= 4 is 51.5 Å². The summed E-state index contributed by atoms with van der Waals surface area (Å²) >= 11 is 12.8. The average molecular weight is 664 g/mol. The summed E-state index contributed by atoms with van der Waals surface area (Å²) < 4.78 is 74.0. The van der Waals surface area contributed by atoms with Crippen LogP contribution in [-0.4, -0.2) is 39.2 Å². The van der Waals surface area contributed by atoms with Gasteiger partial charge in [-0.1, -0.05) is 47.5 Å². The summed E-state index contributed by atoms with van der Waals surface area (Å²) in [7, 11) is 0. The number of nitrogens with zero attached hydrogens (tertiary/aromatic N) is 3. The number of pyridine rings is 1. The van der Waals surface area contributed by atoms with Crippen molar-refractivity contribution in [3.05, 3.63) is 112 Å². The summed E-state index contributed by atoms with van der Waals surface area (Å²) in [6.45, 7) is 1.37. The molecule has 0 saturated carbocycles. The van der Waals surface area contributed by atoms with E-state index in [0.717, 1.165) is 12.1 Å². The number of carbonyl (C=O) groups excluding carboxylic acids is 2. The minimum Gasteiger partial charge on any atom is -0.491 e. The molecule has 15 heteroatoms. The molecule has 0 bridgehead atoms. The molecule has 5 aromatic rings. The van der Waals surface area contributed by atoms with E-state index >= 15 is 0 Å². The number of nitrogens with one attached hydrogen (secondary N) is 2. The van der Waals surface area contributed by atoms with Gasteiger partial charge in [0, 0.05) is 35.8 Å². The molecule has 2 amide bonds. The van der Waals surface area contributed by atoms with E-state index in [0.29, 0.717) is 27.6 Å². The van der Waals surface area contributed by atoms with E-state index in [2.05, 4.69) is 20.7 Å². The van der Waals surface area contributed by atoms with Crippen LogP contribution >= 0.6 is 23.2 Å². The second-order valence-corrected chi connectivity index (χ2v) is 10.5. The molecule has 0 aliphatic carbocycles. The first-order valence-corrected chi connectivity index (χ1v) is 13.8. The molecule has 0 aliphatic heterocycles. The lowest BCUT2D eigenvalue weighted by Crippen LogP contribution is -2.37. The number of aromatic nitrogens is 3. The van der Waals surface area contributed by atoms with E-state index < -0.39 is 47.1 Å². The minimum absolute atomic E-state index is 0.0660. The third-order valence-electron chi connectivity index (χ3n) is 6.35. The Morgan fingerprint density at radius 2 is 1.69 bits per heavy atom. The lowest BCUT2D eigenvalue weighted by molar-refractivity contribution is -0.141. The fraction of sp³-hybridized carbons (Fsp3) is 0.133. The van der Waals surface area contributed by atoms with Crippen molar-refractivity contribution in [1.82, 2.24) is 20.1 Å². The predicted molar refractivity (Wildman–Crippen MR) is 157 cm³/mol. The molecule has 5 rings (SSSR count). The molecule has 8 nitrogen and oxygen atoms in total. The van der Waals surface area contributed by atoms with E-state index in [1.807, 2.05) is 0 Å². The van der Waals surface area contributed by atoms with Crippen molar-refractivity contribution in [2.45, 2.75) is 19.1 Å². The molecule has 3 aromatic carbocycles. The van der Waals surface area contributed by atoms with Gasteiger partial charge in [0.1, 0.15) is 29.7 Å². The molecule has 45 heavy (non-hydrogen) atoms. The first-order valence-electron chi connectivity index (χ1n) is 13.0. The maximum atomic E-state index is 13.6. The zero-order valence-electron chi connectivity index (χ0n) is 22.9. The molecule has 0 radical (unpaired) electrons. The quantitative estimate of drug-likeness (QED) is 0.168. The molecule has 0 spiro atoms. The highest BCUT2D eigenvalue weighted by atomic mass is 35.5. The van der Waals surface area contributed by atoms with Crippen LogP contribution in [0.15, 0.2) is 72.9 Å². The van der Waals surface area contributed by atoms with Crippen molar-refractivity contribution in [2.75, 3.05) is 11.9 Å². The van der Waals surface area contributed by atoms with Crippen LogP contribution in [0.4, 0.5) is 27.6 Å². The third kappa shape index (κ3) is 6.99. The van der Waals surface area contributed by atoms with Crippen LogP contribution in [0.3, 0.4) is 0 Å². The zero-order chi connectivity index (χ0) is 32.5. The van der Waals surface area contributed by atoms with Gasteiger partial charge in [0.25, 0.3) is 11.8 Å². The third-order valence-corrected chi connectivity index (χ3v) is 7.04. The van der Waals surface area contributed by atoms with Crippen LogP contribution in [0.5, 0.6) is 5.75 Å². The van der Waals surface area contributed by atoms with E-state index in [1.165, 1.54) is 24.4 Å². The molecule has 2 N–H and O–H groups in total. The number of anilines is 1. The number of hydrogen-bond acceptors (Lipinski definition) is 5. The number of amides is 2. The number of fused-ring (bicyclic) bond motifs is 1. The summed E-state index contributed by atoms with van der Waals surface area (Å²) in [5, 5.41) is 9.44. The molecule has 232 valence electrons. The molecule has 1 atom stereocenters. The Labute approximate surface area is 261 Å². The van der Waals surface area contributed by atoms with Crippen molar-refractivity contribution in [3.8, 4) is 11.6 Å². The molecule has 0 fully saturated rings. The lowest BCUT2D eigenvalue weighted by Gasteiger charge is -2.19. The first kappa shape index (κ1) is 31.7. The number of hydrogen-bond donors (Lipinski definition) is 2.